The summed E-state index contributed by atoms with van der Waals surface area (Å²) in [5.74, 6) is 2.25. The maximum atomic E-state index is 12.5. The highest BCUT2D eigenvalue weighted by Gasteiger charge is 2.31. The Morgan fingerprint density at radius 1 is 0.821 bits per heavy atom. The molecule has 2 saturated carbocycles. The second-order valence-electron chi connectivity index (χ2n) is 12.5. The van der Waals surface area contributed by atoms with Gasteiger partial charge in [-0.25, -0.2) is 4.79 Å². The maximum absolute atomic E-state index is 12.5. The topological polar surface area (TPSA) is 82.1 Å². The number of esters is 2. The van der Waals surface area contributed by atoms with Crippen LogP contribution in [0.15, 0.2) is 12.2 Å². The lowest BCUT2D eigenvalue weighted by Gasteiger charge is -2.38. The average Bonchev–Trinajstić information content (AvgIpc) is 2.96. The first-order valence-corrected chi connectivity index (χ1v) is 16.1. The molecule has 6 heteroatoms. The van der Waals surface area contributed by atoms with Crippen LogP contribution < -0.4 is 0 Å². The smallest absolute Gasteiger partial charge is 0.335 e. The molecular weight excluding hydrogens is 492 g/mol. The van der Waals surface area contributed by atoms with Crippen LogP contribution in [0.5, 0.6) is 0 Å². The van der Waals surface area contributed by atoms with E-state index < -0.39 is 12.6 Å². The van der Waals surface area contributed by atoms with Crippen LogP contribution in [-0.2, 0) is 23.8 Å². The fourth-order valence-electron chi connectivity index (χ4n) is 6.44. The molecule has 0 aromatic carbocycles. The predicted molar refractivity (Wildman–Crippen MR) is 156 cm³/mol. The normalized spacial score (nSPS) is 25.0. The molecule has 2 rings (SSSR count). The van der Waals surface area contributed by atoms with E-state index in [0.717, 1.165) is 37.0 Å². The van der Waals surface area contributed by atoms with Crippen molar-refractivity contribution in [1.82, 2.24) is 0 Å². The molecule has 6 nitrogen and oxygen atoms in total. The highest BCUT2D eigenvalue weighted by molar-refractivity contribution is 5.87. The van der Waals surface area contributed by atoms with Crippen molar-refractivity contribution in [3.05, 3.63) is 12.2 Å². The number of carbonyl (C=O) groups excluding carboxylic acids is 2. The molecule has 2 fully saturated rings. The molecule has 0 heterocycles. The van der Waals surface area contributed by atoms with Gasteiger partial charge in [0.15, 0.2) is 0 Å². The fraction of sp³-hybridized carbons (Fsp3) is 0.879. The Morgan fingerprint density at radius 3 is 1.97 bits per heavy atom. The van der Waals surface area contributed by atoms with Gasteiger partial charge in [0, 0.05) is 12.5 Å². The van der Waals surface area contributed by atoms with E-state index in [-0.39, 0.29) is 36.6 Å². The van der Waals surface area contributed by atoms with Gasteiger partial charge in [-0.15, -0.1) is 0 Å². The molecular formula is C33H58O6. The third kappa shape index (κ3) is 13.2. The van der Waals surface area contributed by atoms with E-state index in [9.17, 15) is 9.59 Å². The second-order valence-corrected chi connectivity index (χ2v) is 12.5. The van der Waals surface area contributed by atoms with E-state index in [4.69, 9.17) is 19.3 Å². The summed E-state index contributed by atoms with van der Waals surface area (Å²) < 4.78 is 16.5. The summed E-state index contributed by atoms with van der Waals surface area (Å²) in [5, 5.41) is 9.16. The molecule has 0 aromatic rings. The number of hydrogen-bond acceptors (Lipinski definition) is 6. The second kappa shape index (κ2) is 19.6. The van der Waals surface area contributed by atoms with Crippen LogP contribution in [0, 0.1) is 35.5 Å². The first-order valence-electron chi connectivity index (χ1n) is 16.1. The largest absolute Gasteiger partial charge is 0.465 e. The SMILES string of the molecule is C=C(CO)C(=O)OCC(CCC1CCC(C2CCC(CCCCC)CC2)CC1)COC(=O)C(C)COCCC. The Bertz CT molecular complexity index is 690. The Labute approximate surface area is 238 Å². The summed E-state index contributed by atoms with van der Waals surface area (Å²) in [4.78, 5) is 24.5. The molecule has 0 radical (unpaired) electrons. The van der Waals surface area contributed by atoms with Gasteiger partial charge in [0.1, 0.15) is 0 Å². The first-order chi connectivity index (χ1) is 18.9. The quantitative estimate of drug-likeness (QED) is 0.103. The van der Waals surface area contributed by atoms with E-state index in [1.807, 2.05) is 13.8 Å². The minimum atomic E-state index is -0.587. The number of aliphatic hydroxyl groups excluding tert-OH is 1. The standard InChI is InChI=1S/C33H58O6/c1-5-7-8-9-27-12-16-30(17-13-27)31-18-14-28(15-19-31)10-11-29(23-38-32(35)25(3)21-34)24-39-33(36)26(4)22-37-20-6-2/h26-31,34H,3,5-24H2,1-2,4H3. The van der Waals surface area contributed by atoms with E-state index in [1.165, 1.54) is 77.0 Å². The van der Waals surface area contributed by atoms with Crippen molar-refractivity contribution in [2.24, 2.45) is 35.5 Å². The predicted octanol–water partition coefficient (Wildman–Crippen LogP) is 7.27. The van der Waals surface area contributed by atoms with Gasteiger partial charge in [0.2, 0.25) is 0 Å². The lowest BCUT2D eigenvalue weighted by atomic mass is 9.68. The molecule has 226 valence electrons. The number of aliphatic hydroxyl groups is 1. The molecule has 0 aromatic heterocycles. The number of carbonyl (C=O) groups is 2. The van der Waals surface area contributed by atoms with Crippen molar-refractivity contribution in [2.75, 3.05) is 33.0 Å². The van der Waals surface area contributed by atoms with Crippen molar-refractivity contribution >= 4 is 11.9 Å². The molecule has 0 amide bonds. The minimum absolute atomic E-state index is 0.0424. The highest BCUT2D eigenvalue weighted by atomic mass is 16.5. The lowest BCUT2D eigenvalue weighted by Crippen LogP contribution is -2.27. The molecule has 0 aliphatic heterocycles. The minimum Gasteiger partial charge on any atom is -0.465 e. The van der Waals surface area contributed by atoms with Crippen molar-refractivity contribution in [3.63, 3.8) is 0 Å². The van der Waals surface area contributed by atoms with Gasteiger partial charge >= 0.3 is 11.9 Å². The summed E-state index contributed by atoms with van der Waals surface area (Å²) in [6.45, 7) is 10.7. The van der Waals surface area contributed by atoms with Crippen molar-refractivity contribution in [2.45, 2.75) is 117 Å². The van der Waals surface area contributed by atoms with Crippen LogP contribution >= 0.6 is 0 Å². The Kier molecular flexibility index (Phi) is 17.0. The zero-order chi connectivity index (χ0) is 28.5. The molecule has 2 aliphatic carbocycles. The zero-order valence-electron chi connectivity index (χ0n) is 25.3. The van der Waals surface area contributed by atoms with Gasteiger partial charge in [-0.3, -0.25) is 4.79 Å². The summed E-state index contributed by atoms with van der Waals surface area (Å²) in [6, 6.07) is 0. The lowest BCUT2D eigenvalue weighted by molar-refractivity contribution is -0.153. The van der Waals surface area contributed by atoms with Crippen molar-refractivity contribution in [3.8, 4) is 0 Å². The molecule has 2 aliphatic rings. The zero-order valence-corrected chi connectivity index (χ0v) is 25.3. The summed E-state index contributed by atoms with van der Waals surface area (Å²) in [5.41, 5.74) is 0.0424. The van der Waals surface area contributed by atoms with Crippen LogP contribution in [0.25, 0.3) is 0 Å². The molecule has 0 saturated heterocycles. The van der Waals surface area contributed by atoms with Crippen LogP contribution in [-0.4, -0.2) is 50.1 Å². The Hall–Kier alpha value is -1.40. The van der Waals surface area contributed by atoms with E-state index in [1.54, 1.807) is 0 Å². The number of rotatable bonds is 19. The van der Waals surface area contributed by atoms with Gasteiger partial charge < -0.3 is 19.3 Å². The van der Waals surface area contributed by atoms with E-state index in [2.05, 4.69) is 13.5 Å². The van der Waals surface area contributed by atoms with Crippen LogP contribution in [0.4, 0.5) is 0 Å². The van der Waals surface area contributed by atoms with E-state index >= 15 is 0 Å². The summed E-state index contributed by atoms with van der Waals surface area (Å²) in [6.07, 6.45) is 19.4. The molecule has 0 spiro atoms. The van der Waals surface area contributed by atoms with Crippen LogP contribution in [0.2, 0.25) is 0 Å². The van der Waals surface area contributed by atoms with Crippen molar-refractivity contribution < 1.29 is 28.9 Å². The monoisotopic (exact) mass is 550 g/mol. The third-order valence-electron chi connectivity index (χ3n) is 9.16. The first kappa shape index (κ1) is 33.8. The fourth-order valence-corrected chi connectivity index (χ4v) is 6.44. The van der Waals surface area contributed by atoms with Gasteiger partial charge in [0.05, 0.1) is 37.9 Å². The summed E-state index contributed by atoms with van der Waals surface area (Å²) >= 11 is 0. The van der Waals surface area contributed by atoms with E-state index in [0.29, 0.717) is 19.1 Å². The van der Waals surface area contributed by atoms with Gasteiger partial charge in [-0.05, 0) is 75.5 Å². The molecule has 39 heavy (non-hydrogen) atoms. The number of ether oxygens (including phenoxy) is 3. The van der Waals surface area contributed by atoms with Gasteiger partial charge in [-0.1, -0.05) is 71.8 Å². The molecule has 2 atom stereocenters. The Balaban J connectivity index is 1.75. The van der Waals surface area contributed by atoms with Crippen molar-refractivity contribution in [1.29, 1.82) is 0 Å². The van der Waals surface area contributed by atoms with Crippen LogP contribution in [0.3, 0.4) is 0 Å². The molecule has 0 bridgehead atoms. The third-order valence-corrected chi connectivity index (χ3v) is 9.16. The highest BCUT2D eigenvalue weighted by Crippen LogP contribution is 2.43. The summed E-state index contributed by atoms with van der Waals surface area (Å²) in [7, 11) is 0. The number of unbranched alkanes of at least 4 members (excludes halogenated alkanes) is 2. The maximum Gasteiger partial charge on any atom is 0.335 e. The average molecular weight is 551 g/mol. The molecule has 1 N–H and O–H groups in total. The number of hydrogen-bond donors (Lipinski definition) is 1. The van der Waals surface area contributed by atoms with Gasteiger partial charge in [0.25, 0.3) is 0 Å². The van der Waals surface area contributed by atoms with Gasteiger partial charge in [-0.2, -0.15) is 0 Å². The Morgan fingerprint density at radius 2 is 1.41 bits per heavy atom. The van der Waals surface area contributed by atoms with Crippen LogP contribution in [0.1, 0.15) is 117 Å². The molecule has 2 unspecified atom stereocenters.